The number of aryl methyl sites for hydroxylation is 1. The molecule has 0 unspecified atom stereocenters. The number of hydrogen-bond donors (Lipinski definition) is 2. The minimum absolute atomic E-state index is 0. The maximum atomic E-state index is 11.8. The van der Waals surface area contributed by atoms with Crippen molar-refractivity contribution in [1.82, 2.24) is 10.6 Å². The highest BCUT2D eigenvalue weighted by atomic mass is 35.5. The summed E-state index contributed by atoms with van der Waals surface area (Å²) in [7, 11) is 0. The smallest absolute Gasteiger partial charge is 0.223 e. The van der Waals surface area contributed by atoms with E-state index in [1.165, 1.54) is 0 Å². The molecule has 1 aliphatic rings. The van der Waals surface area contributed by atoms with Gasteiger partial charge in [-0.15, -0.1) is 12.4 Å². The Bertz CT molecular complexity index is 420. The summed E-state index contributed by atoms with van der Waals surface area (Å²) >= 11 is 0. The first-order valence-corrected chi connectivity index (χ1v) is 6.93. The molecule has 1 saturated heterocycles. The minimum Gasteiger partial charge on any atom is -0.493 e. The molecular formula is C15H23ClN2O2. The van der Waals surface area contributed by atoms with E-state index in [9.17, 15) is 4.79 Å². The average Bonchev–Trinajstić information content (AvgIpc) is 2.40. The van der Waals surface area contributed by atoms with Crippen LogP contribution < -0.4 is 15.4 Å². The predicted octanol–water partition coefficient (Wildman–Crippen LogP) is 2.05. The van der Waals surface area contributed by atoms with Gasteiger partial charge in [0.05, 0.1) is 13.0 Å². The van der Waals surface area contributed by atoms with Gasteiger partial charge in [-0.05, 0) is 50.6 Å². The molecule has 112 valence electrons. The molecule has 0 spiro atoms. The van der Waals surface area contributed by atoms with E-state index in [-0.39, 0.29) is 18.3 Å². The van der Waals surface area contributed by atoms with Crippen molar-refractivity contribution in [3.8, 4) is 5.75 Å². The van der Waals surface area contributed by atoms with Gasteiger partial charge < -0.3 is 15.4 Å². The number of amides is 1. The van der Waals surface area contributed by atoms with Crippen molar-refractivity contribution in [3.63, 3.8) is 0 Å². The number of carbonyl (C=O) groups excluding carboxylic acids is 1. The second-order valence-corrected chi connectivity index (χ2v) is 5.01. The molecule has 0 radical (unpaired) electrons. The predicted molar refractivity (Wildman–Crippen MR) is 82.6 cm³/mol. The zero-order valence-corrected chi connectivity index (χ0v) is 12.7. The van der Waals surface area contributed by atoms with Gasteiger partial charge in [0.25, 0.3) is 0 Å². The lowest BCUT2D eigenvalue weighted by Gasteiger charge is -2.23. The van der Waals surface area contributed by atoms with E-state index < -0.39 is 0 Å². The third-order valence-corrected chi connectivity index (χ3v) is 3.29. The van der Waals surface area contributed by atoms with Crippen LogP contribution in [0.5, 0.6) is 5.75 Å². The summed E-state index contributed by atoms with van der Waals surface area (Å²) in [5.74, 6) is 0.911. The number of nitrogens with one attached hydrogen (secondary N) is 2. The molecule has 0 aliphatic carbocycles. The highest BCUT2D eigenvalue weighted by molar-refractivity contribution is 5.85. The molecule has 4 nitrogen and oxygen atoms in total. The Morgan fingerprint density at radius 1 is 1.40 bits per heavy atom. The Kier molecular flexibility index (Phi) is 7.41. The molecule has 1 heterocycles. The molecule has 1 amide bonds. The van der Waals surface area contributed by atoms with Crippen molar-refractivity contribution in [2.75, 3.05) is 19.7 Å². The SMILES string of the molecule is Cc1cccc(OCCC(=O)NC2CCNCC2)c1.Cl. The van der Waals surface area contributed by atoms with Crippen LogP contribution in [-0.2, 0) is 4.79 Å². The zero-order valence-electron chi connectivity index (χ0n) is 11.9. The van der Waals surface area contributed by atoms with Crippen molar-refractivity contribution in [1.29, 1.82) is 0 Å². The summed E-state index contributed by atoms with van der Waals surface area (Å²) in [6.07, 6.45) is 2.45. The fourth-order valence-corrected chi connectivity index (χ4v) is 2.23. The van der Waals surface area contributed by atoms with Crippen molar-refractivity contribution >= 4 is 18.3 Å². The molecule has 1 aliphatic heterocycles. The summed E-state index contributed by atoms with van der Waals surface area (Å²) in [6.45, 7) is 4.44. The Morgan fingerprint density at radius 2 is 2.15 bits per heavy atom. The maximum Gasteiger partial charge on any atom is 0.223 e. The van der Waals surface area contributed by atoms with Gasteiger partial charge in [-0.25, -0.2) is 0 Å². The molecule has 2 rings (SSSR count). The molecule has 0 bridgehead atoms. The third-order valence-electron chi connectivity index (χ3n) is 3.29. The van der Waals surface area contributed by atoms with Crippen LogP contribution in [0, 0.1) is 6.92 Å². The Labute approximate surface area is 126 Å². The van der Waals surface area contributed by atoms with E-state index in [1.54, 1.807) is 0 Å². The summed E-state index contributed by atoms with van der Waals surface area (Å²) in [6, 6.07) is 8.20. The molecular weight excluding hydrogens is 276 g/mol. The highest BCUT2D eigenvalue weighted by Gasteiger charge is 2.14. The lowest BCUT2D eigenvalue weighted by molar-refractivity contribution is -0.122. The second-order valence-electron chi connectivity index (χ2n) is 5.01. The molecule has 20 heavy (non-hydrogen) atoms. The van der Waals surface area contributed by atoms with Gasteiger partial charge >= 0.3 is 0 Å². The van der Waals surface area contributed by atoms with Gasteiger partial charge in [0.1, 0.15) is 5.75 Å². The van der Waals surface area contributed by atoms with Crippen LogP contribution in [0.25, 0.3) is 0 Å². The summed E-state index contributed by atoms with van der Waals surface area (Å²) in [4.78, 5) is 11.8. The summed E-state index contributed by atoms with van der Waals surface area (Å²) < 4.78 is 5.57. The lowest BCUT2D eigenvalue weighted by atomic mass is 10.1. The number of piperidine rings is 1. The van der Waals surface area contributed by atoms with Crippen LogP contribution >= 0.6 is 12.4 Å². The van der Waals surface area contributed by atoms with Gasteiger partial charge in [-0.2, -0.15) is 0 Å². The maximum absolute atomic E-state index is 11.8. The van der Waals surface area contributed by atoms with E-state index in [1.807, 2.05) is 31.2 Å². The van der Waals surface area contributed by atoms with Gasteiger partial charge in [0, 0.05) is 6.04 Å². The van der Waals surface area contributed by atoms with Gasteiger partial charge in [0.15, 0.2) is 0 Å². The third kappa shape index (κ3) is 5.80. The first-order valence-electron chi connectivity index (χ1n) is 6.93. The van der Waals surface area contributed by atoms with Gasteiger partial charge in [-0.1, -0.05) is 12.1 Å². The highest BCUT2D eigenvalue weighted by Crippen LogP contribution is 2.12. The molecule has 1 fully saturated rings. The van der Waals surface area contributed by atoms with Crippen LogP contribution in [-0.4, -0.2) is 31.6 Å². The fourth-order valence-electron chi connectivity index (χ4n) is 2.23. The fraction of sp³-hybridized carbons (Fsp3) is 0.533. The number of ether oxygens (including phenoxy) is 1. The van der Waals surface area contributed by atoms with E-state index in [0.717, 1.165) is 37.2 Å². The summed E-state index contributed by atoms with van der Waals surface area (Å²) in [5, 5.41) is 6.34. The van der Waals surface area contributed by atoms with Crippen LogP contribution in [0.4, 0.5) is 0 Å². The quantitative estimate of drug-likeness (QED) is 0.875. The molecule has 1 aromatic carbocycles. The molecule has 0 saturated carbocycles. The molecule has 2 N–H and O–H groups in total. The number of halogens is 1. The zero-order chi connectivity index (χ0) is 13.5. The number of benzene rings is 1. The Balaban J connectivity index is 0.00000200. The van der Waals surface area contributed by atoms with E-state index in [4.69, 9.17) is 4.74 Å². The minimum atomic E-state index is 0. The van der Waals surface area contributed by atoms with E-state index in [0.29, 0.717) is 19.1 Å². The standard InChI is InChI=1S/C15H22N2O2.ClH/c1-12-3-2-4-14(11-12)19-10-7-15(18)17-13-5-8-16-9-6-13;/h2-4,11,13,16H,5-10H2,1H3,(H,17,18);1H. The first kappa shape index (κ1) is 16.8. The number of rotatable bonds is 5. The van der Waals surface area contributed by atoms with Gasteiger partial charge in [0.2, 0.25) is 5.91 Å². The van der Waals surface area contributed by atoms with Crippen LogP contribution in [0.3, 0.4) is 0 Å². The van der Waals surface area contributed by atoms with E-state index in [2.05, 4.69) is 10.6 Å². The first-order chi connectivity index (χ1) is 9.24. The molecule has 5 heteroatoms. The number of hydrogen-bond acceptors (Lipinski definition) is 3. The van der Waals surface area contributed by atoms with Crippen LogP contribution in [0.2, 0.25) is 0 Å². The van der Waals surface area contributed by atoms with Gasteiger partial charge in [-0.3, -0.25) is 4.79 Å². The van der Waals surface area contributed by atoms with Crippen LogP contribution in [0.15, 0.2) is 24.3 Å². The van der Waals surface area contributed by atoms with Crippen molar-refractivity contribution in [3.05, 3.63) is 29.8 Å². The van der Waals surface area contributed by atoms with E-state index >= 15 is 0 Å². The second kappa shape index (κ2) is 8.82. The molecule has 0 aromatic heterocycles. The molecule has 1 aromatic rings. The van der Waals surface area contributed by atoms with Crippen LogP contribution in [0.1, 0.15) is 24.8 Å². The van der Waals surface area contributed by atoms with Crippen molar-refractivity contribution in [2.45, 2.75) is 32.2 Å². The Hall–Kier alpha value is -1.26. The topological polar surface area (TPSA) is 50.4 Å². The summed E-state index contributed by atoms with van der Waals surface area (Å²) in [5.41, 5.74) is 1.16. The normalized spacial score (nSPS) is 15.2. The number of carbonyl (C=O) groups is 1. The average molecular weight is 299 g/mol. The lowest BCUT2D eigenvalue weighted by Crippen LogP contribution is -2.43. The Morgan fingerprint density at radius 3 is 2.85 bits per heavy atom. The largest absolute Gasteiger partial charge is 0.493 e. The molecule has 0 atom stereocenters. The van der Waals surface area contributed by atoms with Crippen molar-refractivity contribution < 1.29 is 9.53 Å². The van der Waals surface area contributed by atoms with Crippen molar-refractivity contribution in [2.24, 2.45) is 0 Å². The monoisotopic (exact) mass is 298 g/mol.